The number of ether oxygens (including phenoxy) is 5. The van der Waals surface area contributed by atoms with Gasteiger partial charge in [0.2, 0.25) is 5.91 Å². The molecule has 4 rings (SSSR count). The largest absolute Gasteiger partial charge is 0.453 e. The van der Waals surface area contributed by atoms with Gasteiger partial charge in [0.25, 0.3) is 0 Å². The van der Waals surface area contributed by atoms with Crippen molar-refractivity contribution in [3.05, 3.63) is 114 Å². The lowest BCUT2D eigenvalue weighted by Crippen LogP contribution is -2.66. The highest BCUT2D eigenvalue weighted by Gasteiger charge is 2.50. The summed E-state index contributed by atoms with van der Waals surface area (Å²) in [6.45, 7) is 5.40. The fourth-order valence-electron chi connectivity index (χ4n) is 4.65. The van der Waals surface area contributed by atoms with Crippen LogP contribution < -0.4 is 5.32 Å². The van der Waals surface area contributed by atoms with Gasteiger partial charge in [-0.2, -0.15) is 8.42 Å². The summed E-state index contributed by atoms with van der Waals surface area (Å²) in [5.41, 5.74) is 1.70. The highest BCUT2D eigenvalue weighted by atomic mass is 32.3. The standard InChI is InChI=1S/C32H34FNO9S/c1-3-18-40-32-28(34-22(2)35)30(41-20-24-12-8-5-9-13-24)29(27(42-32)21-39-19-23-10-6-4-7-11-23)43-31(36)25-14-16-26(17-15-25)44(33,37)38/h3-17,27-30,32H,1,18-21H2,2H3,(H,34,35)/t27-,28-,29-,30-,32-/m1/s1. The number of carbonyl (C=O) groups excluding carboxylic acids is 2. The Morgan fingerprint density at radius 3 is 2.09 bits per heavy atom. The van der Waals surface area contributed by atoms with Crippen molar-refractivity contribution in [3.8, 4) is 0 Å². The molecule has 44 heavy (non-hydrogen) atoms. The predicted octanol–water partition coefficient (Wildman–Crippen LogP) is 4.10. The van der Waals surface area contributed by atoms with Crippen molar-refractivity contribution in [1.82, 2.24) is 5.32 Å². The van der Waals surface area contributed by atoms with E-state index >= 15 is 0 Å². The van der Waals surface area contributed by atoms with E-state index in [0.717, 1.165) is 35.4 Å². The summed E-state index contributed by atoms with van der Waals surface area (Å²) < 4.78 is 66.3. The summed E-state index contributed by atoms with van der Waals surface area (Å²) in [6, 6.07) is 22.0. The SMILES string of the molecule is C=CCO[C@@H]1O[C@H](COCc2ccccc2)[C@@H](OC(=O)c2ccc(S(=O)(=O)F)cc2)[C@H](OCc2ccccc2)[C@H]1NC(C)=O. The molecule has 1 N–H and O–H groups in total. The topological polar surface area (TPSA) is 126 Å². The first kappa shape index (κ1) is 33.0. The van der Waals surface area contributed by atoms with Crippen molar-refractivity contribution < 1.29 is 45.6 Å². The van der Waals surface area contributed by atoms with Crippen LogP contribution in [0.3, 0.4) is 0 Å². The maximum absolute atomic E-state index is 13.4. The van der Waals surface area contributed by atoms with E-state index in [1.165, 1.54) is 13.0 Å². The number of halogens is 1. The van der Waals surface area contributed by atoms with Crippen molar-refractivity contribution in [3.63, 3.8) is 0 Å². The van der Waals surface area contributed by atoms with Crippen LogP contribution in [0.25, 0.3) is 0 Å². The molecule has 10 nitrogen and oxygen atoms in total. The molecule has 1 fully saturated rings. The Balaban J connectivity index is 1.66. The highest BCUT2D eigenvalue weighted by Crippen LogP contribution is 2.29. The number of hydrogen-bond donors (Lipinski definition) is 1. The zero-order valence-corrected chi connectivity index (χ0v) is 24.9. The zero-order chi connectivity index (χ0) is 31.5. The van der Waals surface area contributed by atoms with E-state index in [1.54, 1.807) is 0 Å². The third-order valence-corrected chi connectivity index (χ3v) is 7.52. The normalized spacial score (nSPS) is 21.7. The maximum atomic E-state index is 13.4. The van der Waals surface area contributed by atoms with Gasteiger partial charge in [0, 0.05) is 6.92 Å². The molecule has 1 aliphatic rings. The van der Waals surface area contributed by atoms with Gasteiger partial charge in [0.15, 0.2) is 12.4 Å². The van der Waals surface area contributed by atoms with E-state index < -0.39 is 57.6 Å². The molecule has 0 spiro atoms. The summed E-state index contributed by atoms with van der Waals surface area (Å²) in [6.07, 6.45) is -2.53. The molecule has 3 aromatic rings. The predicted molar refractivity (Wildman–Crippen MR) is 157 cm³/mol. The minimum atomic E-state index is -4.96. The van der Waals surface area contributed by atoms with E-state index in [1.807, 2.05) is 60.7 Å². The fourth-order valence-corrected chi connectivity index (χ4v) is 5.11. The Kier molecular flexibility index (Phi) is 11.8. The van der Waals surface area contributed by atoms with E-state index in [9.17, 15) is 21.9 Å². The maximum Gasteiger partial charge on any atom is 0.338 e. The third kappa shape index (κ3) is 9.28. The number of nitrogens with one attached hydrogen (secondary N) is 1. The number of carbonyl (C=O) groups is 2. The van der Waals surface area contributed by atoms with Crippen molar-refractivity contribution in [2.24, 2.45) is 0 Å². The van der Waals surface area contributed by atoms with Crippen LogP contribution in [-0.4, -0.2) is 64.2 Å². The average Bonchev–Trinajstić information content (AvgIpc) is 3.01. The number of amides is 1. The van der Waals surface area contributed by atoms with Crippen LogP contribution in [0.4, 0.5) is 3.89 Å². The van der Waals surface area contributed by atoms with Gasteiger partial charge in [-0.25, -0.2) is 4.79 Å². The van der Waals surface area contributed by atoms with Crippen molar-refractivity contribution in [2.75, 3.05) is 13.2 Å². The minimum Gasteiger partial charge on any atom is -0.453 e. The van der Waals surface area contributed by atoms with Crippen LogP contribution in [-0.2, 0) is 51.9 Å². The fraction of sp³-hybridized carbons (Fsp3) is 0.312. The Hall–Kier alpha value is -3.94. The molecule has 5 atom stereocenters. The Bertz CT molecular complexity index is 1490. The van der Waals surface area contributed by atoms with E-state index in [2.05, 4.69) is 11.9 Å². The molecule has 234 valence electrons. The first-order chi connectivity index (χ1) is 21.2. The van der Waals surface area contributed by atoms with Gasteiger partial charge in [-0.3, -0.25) is 4.79 Å². The second-order valence-electron chi connectivity index (χ2n) is 9.99. The highest BCUT2D eigenvalue weighted by molar-refractivity contribution is 7.86. The van der Waals surface area contributed by atoms with E-state index in [-0.39, 0.29) is 32.0 Å². The minimum absolute atomic E-state index is 0.0377. The summed E-state index contributed by atoms with van der Waals surface area (Å²) in [5.74, 6) is -1.25. The molecule has 0 aliphatic carbocycles. The van der Waals surface area contributed by atoms with Gasteiger partial charge in [-0.05, 0) is 35.4 Å². The molecule has 12 heteroatoms. The Morgan fingerprint density at radius 2 is 1.52 bits per heavy atom. The van der Waals surface area contributed by atoms with Gasteiger partial charge in [0.1, 0.15) is 18.2 Å². The van der Waals surface area contributed by atoms with Gasteiger partial charge >= 0.3 is 16.2 Å². The van der Waals surface area contributed by atoms with Crippen LogP contribution in [0, 0.1) is 0 Å². The number of benzene rings is 3. The zero-order valence-electron chi connectivity index (χ0n) is 24.0. The van der Waals surface area contributed by atoms with Crippen LogP contribution in [0.1, 0.15) is 28.4 Å². The van der Waals surface area contributed by atoms with E-state index in [4.69, 9.17) is 23.7 Å². The molecule has 1 aliphatic heterocycles. The number of hydrogen-bond acceptors (Lipinski definition) is 9. The lowest BCUT2D eigenvalue weighted by atomic mass is 9.95. The smallest absolute Gasteiger partial charge is 0.338 e. The lowest BCUT2D eigenvalue weighted by molar-refractivity contribution is -0.278. The lowest BCUT2D eigenvalue weighted by Gasteiger charge is -2.45. The molecule has 1 saturated heterocycles. The van der Waals surface area contributed by atoms with Crippen molar-refractivity contribution in [1.29, 1.82) is 0 Å². The third-order valence-electron chi connectivity index (χ3n) is 6.69. The first-order valence-electron chi connectivity index (χ1n) is 13.8. The van der Waals surface area contributed by atoms with Crippen LogP contribution in [0.2, 0.25) is 0 Å². The molecule has 0 unspecified atom stereocenters. The summed E-state index contributed by atoms with van der Waals surface area (Å²) in [5, 5.41) is 2.81. The molecule has 0 aromatic heterocycles. The molecular weight excluding hydrogens is 593 g/mol. The van der Waals surface area contributed by atoms with Crippen molar-refractivity contribution >= 4 is 22.1 Å². The van der Waals surface area contributed by atoms with Crippen molar-refractivity contribution in [2.45, 2.75) is 55.7 Å². The molecule has 1 amide bonds. The van der Waals surface area contributed by atoms with E-state index in [0.29, 0.717) is 0 Å². The molecule has 0 radical (unpaired) electrons. The summed E-state index contributed by atoms with van der Waals surface area (Å²) in [7, 11) is -4.96. The first-order valence-corrected chi connectivity index (χ1v) is 15.2. The molecule has 0 saturated carbocycles. The molecule has 1 heterocycles. The second kappa shape index (κ2) is 15.7. The summed E-state index contributed by atoms with van der Waals surface area (Å²) >= 11 is 0. The van der Waals surface area contributed by atoms with Crippen LogP contribution >= 0.6 is 0 Å². The Labute approximate surface area is 255 Å². The second-order valence-corrected chi connectivity index (χ2v) is 11.3. The summed E-state index contributed by atoms with van der Waals surface area (Å²) in [4.78, 5) is 25.1. The van der Waals surface area contributed by atoms with Gasteiger partial charge in [0.05, 0.1) is 36.9 Å². The number of rotatable bonds is 14. The number of esters is 1. The van der Waals surface area contributed by atoms with Gasteiger partial charge in [-0.15, -0.1) is 10.5 Å². The van der Waals surface area contributed by atoms with Crippen LogP contribution in [0.15, 0.2) is 102 Å². The Morgan fingerprint density at radius 1 is 0.909 bits per heavy atom. The molecule has 0 bridgehead atoms. The quantitative estimate of drug-likeness (QED) is 0.160. The molecule has 3 aromatic carbocycles. The monoisotopic (exact) mass is 627 g/mol. The van der Waals surface area contributed by atoms with Crippen LogP contribution in [0.5, 0.6) is 0 Å². The van der Waals surface area contributed by atoms with Gasteiger partial charge in [-0.1, -0.05) is 66.7 Å². The van der Waals surface area contributed by atoms with Gasteiger partial charge < -0.3 is 29.0 Å². The average molecular weight is 628 g/mol. The molecular formula is C32H34FNO9S.